The van der Waals surface area contributed by atoms with Gasteiger partial charge in [-0.05, 0) is 40.0 Å². The maximum atomic E-state index is 13.2. The molecule has 1 aromatic rings. The van der Waals surface area contributed by atoms with Crippen LogP contribution in [0.2, 0.25) is 0 Å². The zero-order valence-electron chi connectivity index (χ0n) is 9.98. The van der Waals surface area contributed by atoms with Gasteiger partial charge in [-0.2, -0.15) is 8.78 Å². The molecule has 0 spiro atoms. The van der Waals surface area contributed by atoms with E-state index in [1.807, 2.05) is 6.92 Å². The smallest absolute Gasteiger partial charge is 0.323 e. The molecule has 0 aromatic heterocycles. The number of benzene rings is 1. The fourth-order valence-electron chi connectivity index (χ4n) is 1.34. The van der Waals surface area contributed by atoms with Crippen molar-refractivity contribution in [2.45, 2.75) is 30.5 Å². The SMILES string of the molecule is CCCOc1ccc(C(Br)C(F)(F)C(F)F)cc1Br. The first-order chi connectivity index (χ1) is 8.80. The number of hydrogen-bond acceptors (Lipinski definition) is 1. The molecule has 1 unspecified atom stereocenters. The highest BCUT2D eigenvalue weighted by molar-refractivity contribution is 9.10. The van der Waals surface area contributed by atoms with Crippen LogP contribution in [0.3, 0.4) is 0 Å². The second-order valence-electron chi connectivity index (χ2n) is 3.88. The molecule has 108 valence electrons. The molecule has 0 aliphatic carbocycles. The Labute approximate surface area is 125 Å². The van der Waals surface area contributed by atoms with Crippen LogP contribution in [0.15, 0.2) is 22.7 Å². The van der Waals surface area contributed by atoms with Crippen molar-refractivity contribution in [3.8, 4) is 5.75 Å². The van der Waals surface area contributed by atoms with E-state index < -0.39 is 17.2 Å². The summed E-state index contributed by atoms with van der Waals surface area (Å²) in [5.74, 6) is -3.64. The number of rotatable bonds is 6. The van der Waals surface area contributed by atoms with Crippen LogP contribution in [0.4, 0.5) is 17.6 Å². The average Bonchev–Trinajstić information content (AvgIpc) is 2.36. The fraction of sp³-hybridized carbons (Fsp3) is 0.500. The van der Waals surface area contributed by atoms with Gasteiger partial charge in [-0.15, -0.1) is 0 Å². The molecule has 1 nitrogen and oxygen atoms in total. The highest BCUT2D eigenvalue weighted by Crippen LogP contribution is 2.44. The van der Waals surface area contributed by atoms with Crippen LogP contribution in [-0.4, -0.2) is 19.0 Å². The Bertz CT molecular complexity index is 426. The Hall–Kier alpha value is -0.300. The summed E-state index contributed by atoms with van der Waals surface area (Å²) in [5, 5.41) is 0. The predicted octanol–water partition coefficient (Wildman–Crippen LogP) is 5.57. The van der Waals surface area contributed by atoms with E-state index in [1.165, 1.54) is 18.2 Å². The van der Waals surface area contributed by atoms with E-state index in [-0.39, 0.29) is 5.56 Å². The lowest BCUT2D eigenvalue weighted by Crippen LogP contribution is -2.31. The quantitative estimate of drug-likeness (QED) is 0.442. The van der Waals surface area contributed by atoms with E-state index in [4.69, 9.17) is 4.74 Å². The highest BCUT2D eigenvalue weighted by Gasteiger charge is 2.48. The number of ether oxygens (including phenoxy) is 1. The lowest BCUT2D eigenvalue weighted by atomic mass is 10.1. The van der Waals surface area contributed by atoms with Crippen molar-refractivity contribution in [3.63, 3.8) is 0 Å². The highest BCUT2D eigenvalue weighted by atomic mass is 79.9. The molecular weight excluding hydrogens is 396 g/mol. The minimum Gasteiger partial charge on any atom is -0.492 e. The average molecular weight is 408 g/mol. The van der Waals surface area contributed by atoms with Crippen molar-refractivity contribution in [1.82, 2.24) is 0 Å². The molecule has 1 aromatic carbocycles. The Kier molecular flexibility index (Phi) is 6.11. The van der Waals surface area contributed by atoms with Gasteiger partial charge in [0.05, 0.1) is 11.1 Å². The fourth-order valence-corrected chi connectivity index (χ4v) is 2.33. The monoisotopic (exact) mass is 406 g/mol. The summed E-state index contributed by atoms with van der Waals surface area (Å²) in [5.41, 5.74) is 0.0565. The maximum Gasteiger partial charge on any atom is 0.323 e. The van der Waals surface area contributed by atoms with Gasteiger partial charge in [-0.3, -0.25) is 0 Å². The number of alkyl halides is 5. The number of halogens is 6. The van der Waals surface area contributed by atoms with E-state index in [9.17, 15) is 17.6 Å². The first kappa shape index (κ1) is 16.8. The van der Waals surface area contributed by atoms with Gasteiger partial charge in [0.25, 0.3) is 0 Å². The lowest BCUT2D eigenvalue weighted by Gasteiger charge is -2.22. The molecule has 1 rings (SSSR count). The molecule has 1 atom stereocenters. The van der Waals surface area contributed by atoms with Crippen molar-refractivity contribution in [2.75, 3.05) is 6.61 Å². The van der Waals surface area contributed by atoms with Gasteiger partial charge in [-0.25, -0.2) is 8.78 Å². The largest absolute Gasteiger partial charge is 0.492 e. The van der Waals surface area contributed by atoms with E-state index >= 15 is 0 Å². The molecule has 0 bridgehead atoms. The van der Waals surface area contributed by atoms with Crippen LogP contribution in [-0.2, 0) is 0 Å². The molecule has 0 amide bonds. The molecule has 0 fully saturated rings. The van der Waals surface area contributed by atoms with Gasteiger partial charge < -0.3 is 4.74 Å². The minimum absolute atomic E-state index is 0.0565. The zero-order chi connectivity index (χ0) is 14.6. The molecule has 0 N–H and O–H groups in total. The van der Waals surface area contributed by atoms with Gasteiger partial charge in [0.15, 0.2) is 0 Å². The molecule has 0 aliphatic heterocycles. The maximum absolute atomic E-state index is 13.2. The third-order valence-electron chi connectivity index (χ3n) is 2.34. The van der Waals surface area contributed by atoms with Crippen LogP contribution >= 0.6 is 31.9 Å². The summed E-state index contributed by atoms with van der Waals surface area (Å²) < 4.78 is 56.8. The van der Waals surface area contributed by atoms with Gasteiger partial charge in [0, 0.05) is 0 Å². The normalized spacial score (nSPS) is 13.7. The van der Waals surface area contributed by atoms with Crippen molar-refractivity contribution < 1.29 is 22.3 Å². The molecule has 19 heavy (non-hydrogen) atoms. The van der Waals surface area contributed by atoms with Crippen LogP contribution in [0.25, 0.3) is 0 Å². The molecule has 0 aliphatic rings. The second kappa shape index (κ2) is 6.92. The summed E-state index contributed by atoms with van der Waals surface area (Å²) >= 11 is 5.80. The first-order valence-electron chi connectivity index (χ1n) is 5.53. The van der Waals surface area contributed by atoms with Crippen molar-refractivity contribution in [3.05, 3.63) is 28.2 Å². The van der Waals surface area contributed by atoms with Crippen LogP contribution < -0.4 is 4.74 Å². The van der Waals surface area contributed by atoms with E-state index in [1.54, 1.807) is 0 Å². The Morgan fingerprint density at radius 1 is 1.32 bits per heavy atom. The molecule has 0 saturated carbocycles. The Morgan fingerprint density at radius 3 is 2.42 bits per heavy atom. The standard InChI is InChI=1S/C12H12Br2F4O/c1-2-5-19-9-4-3-7(6-8(9)13)10(14)12(17,18)11(15)16/h3-4,6,10-11H,2,5H2,1H3. The van der Waals surface area contributed by atoms with Gasteiger partial charge in [-0.1, -0.05) is 28.9 Å². The van der Waals surface area contributed by atoms with E-state index in [0.29, 0.717) is 16.8 Å². The molecule has 7 heteroatoms. The summed E-state index contributed by atoms with van der Waals surface area (Å²) in [6.45, 7) is 2.42. The van der Waals surface area contributed by atoms with E-state index in [0.717, 1.165) is 6.42 Å². The summed E-state index contributed by atoms with van der Waals surface area (Å²) in [7, 11) is 0. The topological polar surface area (TPSA) is 9.23 Å². The van der Waals surface area contributed by atoms with Crippen LogP contribution in [0.1, 0.15) is 23.7 Å². The second-order valence-corrected chi connectivity index (χ2v) is 5.65. The molecular formula is C12H12Br2F4O. The van der Waals surface area contributed by atoms with E-state index in [2.05, 4.69) is 31.9 Å². The van der Waals surface area contributed by atoms with Crippen molar-refractivity contribution >= 4 is 31.9 Å². The third-order valence-corrected chi connectivity index (χ3v) is 4.10. The summed E-state index contributed by atoms with van der Waals surface area (Å²) in [4.78, 5) is -1.75. The zero-order valence-corrected chi connectivity index (χ0v) is 13.1. The third kappa shape index (κ3) is 4.08. The first-order valence-corrected chi connectivity index (χ1v) is 7.23. The van der Waals surface area contributed by atoms with Gasteiger partial charge in [0.1, 0.15) is 10.6 Å². The Morgan fingerprint density at radius 2 is 1.95 bits per heavy atom. The van der Waals surface area contributed by atoms with Crippen molar-refractivity contribution in [1.29, 1.82) is 0 Å². The van der Waals surface area contributed by atoms with Crippen molar-refractivity contribution in [2.24, 2.45) is 0 Å². The molecule has 0 heterocycles. The van der Waals surface area contributed by atoms with Gasteiger partial charge >= 0.3 is 12.3 Å². The summed E-state index contributed by atoms with van der Waals surface area (Å²) in [6.07, 6.45) is -2.93. The van der Waals surface area contributed by atoms with Gasteiger partial charge in [0.2, 0.25) is 0 Å². The van der Waals surface area contributed by atoms with Crippen LogP contribution in [0.5, 0.6) is 5.75 Å². The molecule has 0 saturated heterocycles. The minimum atomic E-state index is -4.13. The predicted molar refractivity (Wildman–Crippen MR) is 72.5 cm³/mol. The number of hydrogen-bond donors (Lipinski definition) is 0. The van der Waals surface area contributed by atoms with Crippen LogP contribution in [0, 0.1) is 0 Å². The summed E-state index contributed by atoms with van der Waals surface area (Å²) in [6, 6.07) is 4.16. The Balaban J connectivity index is 2.94. The molecule has 0 radical (unpaired) electrons. The lowest BCUT2D eigenvalue weighted by molar-refractivity contribution is -0.127.